The first-order valence-electron chi connectivity index (χ1n) is 12.2. The Morgan fingerprint density at radius 3 is 2.29 bits per heavy atom. The Kier molecular flexibility index (Phi) is 8.25. The van der Waals surface area contributed by atoms with Gasteiger partial charge < -0.3 is 33.9 Å². The molecule has 1 atom stereocenters. The van der Waals surface area contributed by atoms with Crippen LogP contribution < -0.4 is 29.0 Å². The first-order chi connectivity index (χ1) is 18.3. The Labute approximate surface area is 222 Å². The molecule has 0 fully saturated rings. The van der Waals surface area contributed by atoms with Crippen LogP contribution in [0, 0.1) is 0 Å². The van der Waals surface area contributed by atoms with Crippen molar-refractivity contribution in [2.45, 2.75) is 26.0 Å². The molecular weight excluding hydrogens is 488 g/mol. The van der Waals surface area contributed by atoms with Gasteiger partial charge in [0, 0.05) is 36.0 Å². The van der Waals surface area contributed by atoms with Crippen molar-refractivity contribution in [2.75, 3.05) is 40.3 Å². The summed E-state index contributed by atoms with van der Waals surface area (Å²) in [6.45, 7) is 2.58. The number of carbonyl (C=O) groups is 2. The van der Waals surface area contributed by atoms with Gasteiger partial charge in [-0.15, -0.1) is 0 Å². The lowest BCUT2D eigenvalue weighted by atomic mass is 10.1. The number of nitrogens with zero attached hydrogens (tertiary/aromatic N) is 1. The number of nitrogens with one attached hydrogen (secondary N) is 1. The van der Waals surface area contributed by atoms with Gasteiger partial charge >= 0.3 is 0 Å². The fraction of sp³-hybridized carbons (Fsp3) is 0.310. The molecule has 3 aromatic rings. The quantitative estimate of drug-likeness (QED) is 0.449. The highest BCUT2D eigenvalue weighted by Crippen LogP contribution is 2.31. The summed E-state index contributed by atoms with van der Waals surface area (Å²) >= 11 is 0. The molecule has 0 aliphatic carbocycles. The molecule has 0 spiro atoms. The van der Waals surface area contributed by atoms with Crippen molar-refractivity contribution in [2.24, 2.45) is 0 Å². The van der Waals surface area contributed by atoms with Crippen LogP contribution in [0.4, 0.5) is 5.69 Å². The fourth-order valence-electron chi connectivity index (χ4n) is 4.31. The van der Waals surface area contributed by atoms with Gasteiger partial charge in [0.05, 0.1) is 28.4 Å². The van der Waals surface area contributed by atoms with Crippen LogP contribution >= 0.6 is 0 Å². The van der Waals surface area contributed by atoms with E-state index in [0.29, 0.717) is 59.5 Å². The van der Waals surface area contributed by atoms with E-state index in [4.69, 9.17) is 23.7 Å². The Bertz CT molecular complexity index is 1300. The van der Waals surface area contributed by atoms with Gasteiger partial charge in [-0.25, -0.2) is 0 Å². The molecule has 38 heavy (non-hydrogen) atoms. The van der Waals surface area contributed by atoms with Gasteiger partial charge in [0.2, 0.25) is 0 Å². The van der Waals surface area contributed by atoms with E-state index in [-0.39, 0.29) is 11.8 Å². The maximum Gasteiger partial charge on any atom is 0.263 e. The summed E-state index contributed by atoms with van der Waals surface area (Å²) in [7, 11) is 6.25. The highest BCUT2D eigenvalue weighted by atomic mass is 16.5. The average Bonchev–Trinajstić information content (AvgIpc) is 3.06. The van der Waals surface area contributed by atoms with Crippen LogP contribution in [0.5, 0.6) is 28.7 Å². The third kappa shape index (κ3) is 5.94. The van der Waals surface area contributed by atoms with E-state index >= 15 is 0 Å². The number of carbonyl (C=O) groups excluding carboxylic acids is 2. The number of amides is 2. The first kappa shape index (κ1) is 26.7. The van der Waals surface area contributed by atoms with Gasteiger partial charge in [-0.05, 0) is 61.4 Å². The number of anilines is 1. The second kappa shape index (κ2) is 11.8. The third-order valence-corrected chi connectivity index (χ3v) is 6.37. The van der Waals surface area contributed by atoms with Crippen LogP contribution in [0.1, 0.15) is 28.4 Å². The molecule has 0 unspecified atom stereocenters. The van der Waals surface area contributed by atoms with Crippen molar-refractivity contribution in [1.82, 2.24) is 4.90 Å². The van der Waals surface area contributed by atoms with Crippen molar-refractivity contribution in [3.63, 3.8) is 0 Å². The SMILES string of the molecule is COc1cc(OC)cc(C(=O)Nc2ccc3c(c2)CN(CCc2ccc(OC)c(OC)c2)C(=O)[C@H](C)O3)c1. The van der Waals surface area contributed by atoms with E-state index in [1.54, 1.807) is 56.4 Å². The second-order valence-electron chi connectivity index (χ2n) is 8.84. The molecule has 0 saturated heterocycles. The normalized spacial score (nSPS) is 14.6. The number of hydrogen-bond acceptors (Lipinski definition) is 7. The lowest BCUT2D eigenvalue weighted by Crippen LogP contribution is -2.39. The highest BCUT2D eigenvalue weighted by molar-refractivity contribution is 6.05. The molecule has 0 aromatic heterocycles. The fourth-order valence-corrected chi connectivity index (χ4v) is 4.31. The lowest BCUT2D eigenvalue weighted by Gasteiger charge is -2.22. The van der Waals surface area contributed by atoms with Gasteiger partial charge in [0.15, 0.2) is 17.6 Å². The molecule has 1 aliphatic heterocycles. The monoisotopic (exact) mass is 520 g/mol. The van der Waals surface area contributed by atoms with Gasteiger partial charge in [-0.2, -0.15) is 0 Å². The van der Waals surface area contributed by atoms with Crippen molar-refractivity contribution < 1.29 is 33.3 Å². The van der Waals surface area contributed by atoms with Crippen molar-refractivity contribution in [1.29, 1.82) is 0 Å². The van der Waals surface area contributed by atoms with E-state index in [0.717, 1.165) is 11.1 Å². The molecule has 0 radical (unpaired) electrons. The summed E-state index contributed by atoms with van der Waals surface area (Å²) in [5, 5.41) is 2.92. The number of fused-ring (bicyclic) bond motifs is 1. The van der Waals surface area contributed by atoms with Crippen molar-refractivity contribution in [3.8, 4) is 28.7 Å². The topological polar surface area (TPSA) is 95.6 Å². The minimum atomic E-state index is -0.633. The molecule has 9 heteroatoms. The number of benzene rings is 3. The van der Waals surface area contributed by atoms with Gasteiger partial charge in [0.25, 0.3) is 11.8 Å². The highest BCUT2D eigenvalue weighted by Gasteiger charge is 2.28. The molecule has 1 aliphatic rings. The minimum Gasteiger partial charge on any atom is -0.497 e. The van der Waals surface area contributed by atoms with Crippen LogP contribution in [-0.4, -0.2) is 57.8 Å². The molecule has 200 valence electrons. The summed E-state index contributed by atoms with van der Waals surface area (Å²) < 4.78 is 27.2. The first-order valence-corrected chi connectivity index (χ1v) is 12.2. The second-order valence-corrected chi connectivity index (χ2v) is 8.84. The molecule has 0 bridgehead atoms. The van der Waals surface area contributed by atoms with E-state index in [1.165, 1.54) is 14.2 Å². The largest absolute Gasteiger partial charge is 0.497 e. The number of methoxy groups -OCH3 is 4. The number of ether oxygens (including phenoxy) is 5. The zero-order valence-corrected chi connectivity index (χ0v) is 22.2. The van der Waals surface area contributed by atoms with Crippen LogP contribution in [0.25, 0.3) is 0 Å². The van der Waals surface area contributed by atoms with Crippen molar-refractivity contribution in [3.05, 3.63) is 71.3 Å². The Hall–Kier alpha value is -4.40. The zero-order valence-electron chi connectivity index (χ0n) is 22.2. The average molecular weight is 521 g/mol. The number of rotatable bonds is 9. The van der Waals surface area contributed by atoms with Gasteiger partial charge in [-0.3, -0.25) is 9.59 Å². The molecule has 3 aromatic carbocycles. The van der Waals surface area contributed by atoms with Crippen LogP contribution in [0.15, 0.2) is 54.6 Å². The smallest absolute Gasteiger partial charge is 0.263 e. The molecule has 2 amide bonds. The van der Waals surface area contributed by atoms with E-state index in [2.05, 4.69) is 5.32 Å². The summed E-state index contributed by atoms with van der Waals surface area (Å²) in [6, 6.07) is 16.1. The maximum absolute atomic E-state index is 13.1. The molecule has 4 rings (SSSR count). The Morgan fingerprint density at radius 2 is 1.63 bits per heavy atom. The van der Waals surface area contributed by atoms with Crippen LogP contribution in [0.3, 0.4) is 0 Å². The van der Waals surface area contributed by atoms with Crippen LogP contribution in [0.2, 0.25) is 0 Å². The minimum absolute atomic E-state index is 0.101. The molecule has 0 saturated carbocycles. The van der Waals surface area contributed by atoms with Crippen molar-refractivity contribution >= 4 is 17.5 Å². The molecule has 1 N–H and O–H groups in total. The number of hydrogen-bond donors (Lipinski definition) is 1. The van der Waals surface area contributed by atoms with Gasteiger partial charge in [-0.1, -0.05) is 6.07 Å². The molecule has 1 heterocycles. The third-order valence-electron chi connectivity index (χ3n) is 6.37. The Balaban J connectivity index is 1.51. The van der Waals surface area contributed by atoms with E-state index < -0.39 is 6.10 Å². The van der Waals surface area contributed by atoms with E-state index in [1.807, 2.05) is 24.3 Å². The van der Waals surface area contributed by atoms with E-state index in [9.17, 15) is 9.59 Å². The van der Waals surface area contributed by atoms with Gasteiger partial charge in [0.1, 0.15) is 17.2 Å². The maximum atomic E-state index is 13.1. The summed E-state index contributed by atoms with van der Waals surface area (Å²) in [6.07, 6.45) is -0.00579. The lowest BCUT2D eigenvalue weighted by molar-refractivity contribution is -0.137. The summed E-state index contributed by atoms with van der Waals surface area (Å²) in [5.41, 5.74) is 2.80. The predicted octanol–water partition coefficient (Wildman–Crippen LogP) is 4.33. The molecule has 9 nitrogen and oxygen atoms in total. The Morgan fingerprint density at radius 1 is 0.921 bits per heavy atom. The molecular formula is C29H32N2O7. The predicted molar refractivity (Wildman–Crippen MR) is 143 cm³/mol. The zero-order chi connectivity index (χ0) is 27.2. The summed E-state index contributed by atoms with van der Waals surface area (Å²) in [5.74, 6) is 2.52. The summed E-state index contributed by atoms with van der Waals surface area (Å²) in [4.78, 5) is 27.8. The standard InChI is InChI=1S/C29H32N2O7/c1-18-29(33)31(11-10-19-6-8-26(36-4)27(12-19)37-5)17-21-13-22(7-9-25(21)38-18)30-28(32)20-14-23(34-2)16-24(15-20)35-3/h6-9,12-16,18H,10-11,17H2,1-5H3,(H,30,32)/t18-/m0/s1. The van der Waals surface area contributed by atoms with Crippen LogP contribution in [-0.2, 0) is 17.8 Å².